The number of benzene rings is 8. The Morgan fingerprint density at radius 3 is 1.54 bits per heavy atom. The van der Waals surface area contributed by atoms with Crippen molar-refractivity contribution in [2.45, 2.75) is 0 Å². The first kappa shape index (κ1) is 30.2. The fourth-order valence-electron chi connectivity index (χ4n) is 7.37. The van der Waals surface area contributed by atoms with Crippen LogP contribution in [0.1, 0.15) is 0 Å². The van der Waals surface area contributed by atoms with Crippen LogP contribution in [0.4, 0.5) is 34.1 Å². The van der Waals surface area contributed by atoms with Crippen LogP contribution < -0.4 is 9.80 Å². The molecule has 4 heteroatoms. The van der Waals surface area contributed by atoms with Gasteiger partial charge in [0.15, 0.2) is 0 Å². The number of nitrogens with zero attached hydrogens (tertiary/aromatic N) is 2. The Bertz CT molecular complexity index is 2800. The Balaban J connectivity index is 1.10. The maximum Gasteiger partial charge on any atom is 0.137 e. The number of anilines is 6. The van der Waals surface area contributed by atoms with Gasteiger partial charge in [-0.25, -0.2) is 0 Å². The number of para-hydroxylation sites is 2. The second kappa shape index (κ2) is 12.6. The molecule has 0 atom stereocenters. The van der Waals surface area contributed by atoms with E-state index in [0.29, 0.717) is 0 Å². The van der Waals surface area contributed by atoms with Crippen molar-refractivity contribution in [3.63, 3.8) is 0 Å². The highest BCUT2D eigenvalue weighted by Crippen LogP contribution is 2.43. The molecule has 0 aliphatic carbocycles. The Kier molecular flexibility index (Phi) is 7.33. The molecule has 246 valence electrons. The minimum Gasteiger partial charge on any atom is -0.456 e. The number of hydrogen-bond donors (Lipinski definition) is 0. The maximum absolute atomic E-state index is 6.61. The van der Waals surface area contributed by atoms with Crippen LogP contribution in [-0.4, -0.2) is 0 Å². The molecule has 2 heterocycles. The Morgan fingerprint density at radius 1 is 0.308 bits per heavy atom. The number of hydrogen-bond acceptors (Lipinski definition) is 4. The summed E-state index contributed by atoms with van der Waals surface area (Å²) in [6, 6.07) is 69.0. The molecule has 2 aromatic heterocycles. The van der Waals surface area contributed by atoms with Crippen molar-refractivity contribution >= 4 is 87.6 Å². The van der Waals surface area contributed by atoms with Gasteiger partial charge in [-0.2, -0.15) is 0 Å². The molecule has 10 aromatic rings. The van der Waals surface area contributed by atoms with Crippen LogP contribution >= 0.6 is 11.3 Å². The molecular formula is C48H32N2OS. The highest BCUT2D eigenvalue weighted by Gasteiger charge is 2.19. The molecule has 0 saturated carbocycles. The van der Waals surface area contributed by atoms with E-state index in [1.54, 1.807) is 0 Å². The molecule has 52 heavy (non-hydrogen) atoms. The van der Waals surface area contributed by atoms with Crippen LogP contribution in [0.5, 0.6) is 0 Å². The molecule has 0 radical (unpaired) electrons. The maximum atomic E-state index is 6.61. The molecule has 0 fully saturated rings. The second-order valence-corrected chi connectivity index (χ2v) is 14.1. The first-order valence-electron chi connectivity index (χ1n) is 17.5. The average molecular weight is 685 g/mol. The van der Waals surface area contributed by atoms with E-state index < -0.39 is 0 Å². The fourth-order valence-corrected chi connectivity index (χ4v) is 8.51. The Labute approximate surface area is 305 Å². The van der Waals surface area contributed by atoms with Gasteiger partial charge < -0.3 is 14.2 Å². The summed E-state index contributed by atoms with van der Waals surface area (Å²) in [7, 11) is 0. The summed E-state index contributed by atoms with van der Waals surface area (Å²) in [5.41, 5.74) is 10.6. The molecule has 3 nitrogen and oxygen atoms in total. The van der Waals surface area contributed by atoms with Gasteiger partial charge in [-0.3, -0.25) is 0 Å². The topological polar surface area (TPSA) is 19.6 Å². The van der Waals surface area contributed by atoms with Crippen molar-refractivity contribution in [1.29, 1.82) is 0 Å². The highest BCUT2D eigenvalue weighted by atomic mass is 32.1. The van der Waals surface area contributed by atoms with Crippen molar-refractivity contribution < 1.29 is 4.42 Å². The molecular weight excluding hydrogens is 653 g/mol. The van der Waals surface area contributed by atoms with Crippen LogP contribution in [-0.2, 0) is 0 Å². The van der Waals surface area contributed by atoms with Gasteiger partial charge in [-0.15, -0.1) is 11.3 Å². The van der Waals surface area contributed by atoms with Crippen LogP contribution in [0.15, 0.2) is 199 Å². The molecule has 0 saturated heterocycles. The number of furan rings is 1. The van der Waals surface area contributed by atoms with Crippen LogP contribution in [0, 0.1) is 0 Å². The predicted molar refractivity (Wildman–Crippen MR) is 221 cm³/mol. The molecule has 0 bridgehead atoms. The zero-order chi connectivity index (χ0) is 34.4. The molecule has 8 aromatic carbocycles. The molecule has 0 aliphatic rings. The summed E-state index contributed by atoms with van der Waals surface area (Å²) in [6.45, 7) is 0. The van der Waals surface area contributed by atoms with Crippen molar-refractivity contribution in [3.05, 3.63) is 194 Å². The number of rotatable bonds is 7. The average Bonchev–Trinajstić information content (AvgIpc) is 3.77. The third-order valence-electron chi connectivity index (χ3n) is 9.84. The molecule has 0 aliphatic heterocycles. The quantitative estimate of drug-likeness (QED) is 0.167. The van der Waals surface area contributed by atoms with E-state index in [4.69, 9.17) is 4.42 Å². The Morgan fingerprint density at radius 2 is 0.808 bits per heavy atom. The van der Waals surface area contributed by atoms with Gasteiger partial charge in [0.25, 0.3) is 0 Å². The standard InChI is InChI=1S/C48H32N2OS/c1-4-12-33(13-5-1)34-20-22-37(23-21-34)50(40-25-28-43-42-18-10-11-19-47(42)52-48(43)32-40)39-24-27-41-44-30-38(26-29-45(44)51-46(41)31-39)49(35-14-6-2-7-15-35)36-16-8-3-9-17-36/h1-32H. The largest absolute Gasteiger partial charge is 0.456 e. The van der Waals surface area contributed by atoms with Gasteiger partial charge in [0.05, 0.1) is 0 Å². The van der Waals surface area contributed by atoms with Gasteiger partial charge in [0.1, 0.15) is 11.2 Å². The molecule has 0 spiro atoms. The third-order valence-corrected chi connectivity index (χ3v) is 11.0. The van der Waals surface area contributed by atoms with Gasteiger partial charge in [-0.1, -0.05) is 103 Å². The summed E-state index contributed by atoms with van der Waals surface area (Å²) < 4.78 is 9.17. The Hall–Kier alpha value is -6.62. The van der Waals surface area contributed by atoms with E-state index in [9.17, 15) is 0 Å². The molecule has 0 amide bonds. The van der Waals surface area contributed by atoms with E-state index in [1.165, 1.54) is 31.3 Å². The zero-order valence-corrected chi connectivity index (χ0v) is 29.0. The van der Waals surface area contributed by atoms with Gasteiger partial charge in [0.2, 0.25) is 0 Å². The normalized spacial score (nSPS) is 11.5. The minimum atomic E-state index is 0.851. The van der Waals surface area contributed by atoms with E-state index >= 15 is 0 Å². The van der Waals surface area contributed by atoms with E-state index in [1.807, 2.05) is 11.3 Å². The summed E-state index contributed by atoms with van der Waals surface area (Å²) in [4.78, 5) is 4.63. The zero-order valence-electron chi connectivity index (χ0n) is 28.2. The predicted octanol–water partition coefficient (Wildman–Crippen LogP) is 14.6. The van der Waals surface area contributed by atoms with E-state index in [0.717, 1.165) is 56.1 Å². The number of thiophene rings is 1. The summed E-state index contributed by atoms with van der Waals surface area (Å²) in [5, 5.41) is 4.75. The second-order valence-electron chi connectivity index (χ2n) is 13.0. The van der Waals surface area contributed by atoms with E-state index in [-0.39, 0.29) is 0 Å². The van der Waals surface area contributed by atoms with Gasteiger partial charge in [-0.05, 0) is 96.1 Å². The lowest BCUT2D eigenvalue weighted by molar-refractivity contribution is 0.669. The van der Waals surface area contributed by atoms with Crippen LogP contribution in [0.2, 0.25) is 0 Å². The van der Waals surface area contributed by atoms with Crippen LogP contribution in [0.3, 0.4) is 0 Å². The van der Waals surface area contributed by atoms with E-state index in [2.05, 4.69) is 204 Å². The van der Waals surface area contributed by atoms with Crippen molar-refractivity contribution in [2.75, 3.05) is 9.80 Å². The fraction of sp³-hybridized carbons (Fsp3) is 0. The first-order chi connectivity index (χ1) is 25.8. The first-order valence-corrected chi connectivity index (χ1v) is 18.3. The number of fused-ring (bicyclic) bond motifs is 6. The van der Waals surface area contributed by atoms with Crippen LogP contribution in [0.25, 0.3) is 53.2 Å². The van der Waals surface area contributed by atoms with Gasteiger partial charge >= 0.3 is 0 Å². The SMILES string of the molecule is c1ccc(-c2ccc(N(c3ccc4c(c3)oc3ccc(N(c5ccccc5)c5ccccc5)cc34)c3ccc4c(c3)sc3ccccc34)cc2)cc1. The molecule has 0 N–H and O–H groups in total. The lowest BCUT2D eigenvalue weighted by Gasteiger charge is -2.26. The monoisotopic (exact) mass is 684 g/mol. The van der Waals surface area contributed by atoms with Crippen molar-refractivity contribution in [2.24, 2.45) is 0 Å². The lowest BCUT2D eigenvalue weighted by Crippen LogP contribution is -2.09. The third kappa shape index (κ3) is 5.29. The molecule has 10 rings (SSSR count). The molecule has 0 unspecified atom stereocenters. The highest BCUT2D eigenvalue weighted by molar-refractivity contribution is 7.25. The summed E-state index contributed by atoms with van der Waals surface area (Å²) >= 11 is 1.84. The summed E-state index contributed by atoms with van der Waals surface area (Å²) in [5.74, 6) is 0. The lowest BCUT2D eigenvalue weighted by atomic mass is 10.0. The smallest absolute Gasteiger partial charge is 0.137 e. The van der Waals surface area contributed by atoms with Gasteiger partial charge in [0, 0.05) is 71.1 Å². The van der Waals surface area contributed by atoms with Crippen molar-refractivity contribution in [3.8, 4) is 11.1 Å². The minimum absolute atomic E-state index is 0.851. The summed E-state index contributed by atoms with van der Waals surface area (Å²) in [6.07, 6.45) is 0. The van der Waals surface area contributed by atoms with Crippen molar-refractivity contribution in [1.82, 2.24) is 0 Å².